The van der Waals surface area contributed by atoms with Gasteiger partial charge in [-0.1, -0.05) is 156 Å². The largest absolute Gasteiger partial charge is 0.466 e. The lowest BCUT2D eigenvalue weighted by molar-refractivity contribution is -0.145. The van der Waals surface area contributed by atoms with E-state index in [2.05, 4.69) is 27.7 Å². The van der Waals surface area contributed by atoms with E-state index in [0.717, 1.165) is 63.2 Å². The summed E-state index contributed by atoms with van der Waals surface area (Å²) in [4.78, 5) is 23.8. The minimum Gasteiger partial charge on any atom is -0.466 e. The van der Waals surface area contributed by atoms with Crippen LogP contribution in [0, 0.1) is 11.8 Å². The Kier molecular flexibility index (Phi) is 30.1. The lowest BCUT2D eigenvalue weighted by Gasteiger charge is -2.06. The first-order chi connectivity index (χ1) is 19.4. The maximum absolute atomic E-state index is 11.9. The molecule has 0 N–H and O–H groups in total. The second-order valence-electron chi connectivity index (χ2n) is 13.1. The Bertz CT molecular complexity index is 495. The molecule has 0 rings (SSSR count). The average molecular weight is 567 g/mol. The SMILES string of the molecule is CC(C)CCCCCCCCCCCOC(=O)CCCCCCC(=O)OCCCCCCCCCCCC(C)C. The molecule has 238 valence electrons. The van der Waals surface area contributed by atoms with Gasteiger partial charge in [0.2, 0.25) is 0 Å². The first-order valence-corrected chi connectivity index (χ1v) is 17.7. The van der Waals surface area contributed by atoms with Gasteiger partial charge < -0.3 is 9.47 Å². The van der Waals surface area contributed by atoms with Crippen LogP contribution in [0.2, 0.25) is 0 Å². The Hall–Kier alpha value is -1.06. The summed E-state index contributed by atoms with van der Waals surface area (Å²) in [7, 11) is 0. The first kappa shape index (κ1) is 38.9. The van der Waals surface area contributed by atoms with Crippen LogP contribution in [0.4, 0.5) is 0 Å². The predicted octanol–water partition coefficient (Wildman–Crippen LogP) is 11.5. The van der Waals surface area contributed by atoms with Gasteiger partial charge in [0.25, 0.3) is 0 Å². The van der Waals surface area contributed by atoms with Crippen LogP contribution in [0.1, 0.15) is 195 Å². The van der Waals surface area contributed by atoms with Gasteiger partial charge in [-0.3, -0.25) is 9.59 Å². The number of carbonyl (C=O) groups is 2. The van der Waals surface area contributed by atoms with Crippen LogP contribution in [-0.2, 0) is 19.1 Å². The van der Waals surface area contributed by atoms with Crippen molar-refractivity contribution in [2.24, 2.45) is 11.8 Å². The fourth-order valence-corrected chi connectivity index (χ4v) is 5.19. The molecule has 0 aliphatic rings. The molecule has 0 aliphatic carbocycles. The van der Waals surface area contributed by atoms with Gasteiger partial charge in [-0.15, -0.1) is 0 Å². The molecular weight excluding hydrogens is 496 g/mol. The number of rotatable bonds is 31. The van der Waals surface area contributed by atoms with Crippen molar-refractivity contribution in [3.63, 3.8) is 0 Å². The number of ether oxygens (including phenoxy) is 2. The molecule has 0 amide bonds. The predicted molar refractivity (Wildman–Crippen MR) is 172 cm³/mol. The highest BCUT2D eigenvalue weighted by Gasteiger charge is 2.05. The topological polar surface area (TPSA) is 52.6 Å². The molecule has 0 spiro atoms. The zero-order chi connectivity index (χ0) is 29.5. The van der Waals surface area contributed by atoms with Crippen molar-refractivity contribution in [3.05, 3.63) is 0 Å². The molecule has 0 saturated heterocycles. The summed E-state index contributed by atoms with van der Waals surface area (Å²) < 4.78 is 10.8. The fourth-order valence-electron chi connectivity index (χ4n) is 5.19. The van der Waals surface area contributed by atoms with Gasteiger partial charge in [-0.2, -0.15) is 0 Å². The zero-order valence-electron chi connectivity index (χ0n) is 27.6. The molecular formula is C36H70O4. The van der Waals surface area contributed by atoms with E-state index < -0.39 is 0 Å². The maximum atomic E-state index is 11.9. The molecule has 0 saturated carbocycles. The molecule has 40 heavy (non-hydrogen) atoms. The molecule has 0 aromatic rings. The summed E-state index contributed by atoms with van der Waals surface area (Å²) in [6.07, 6.45) is 30.5. The van der Waals surface area contributed by atoms with Crippen molar-refractivity contribution < 1.29 is 19.1 Å². The van der Waals surface area contributed by atoms with Gasteiger partial charge >= 0.3 is 11.9 Å². The Morgan fingerprint density at radius 2 is 0.625 bits per heavy atom. The fraction of sp³-hybridized carbons (Fsp3) is 0.944. The van der Waals surface area contributed by atoms with E-state index in [1.54, 1.807) is 0 Å². The first-order valence-electron chi connectivity index (χ1n) is 17.7. The molecule has 0 aliphatic heterocycles. The summed E-state index contributed by atoms with van der Waals surface area (Å²) in [5, 5.41) is 0. The number of hydrogen-bond donors (Lipinski definition) is 0. The monoisotopic (exact) mass is 567 g/mol. The van der Waals surface area contributed by atoms with Crippen LogP contribution in [0.15, 0.2) is 0 Å². The molecule has 0 radical (unpaired) electrons. The molecule has 0 heterocycles. The lowest BCUT2D eigenvalue weighted by atomic mass is 10.0. The van der Waals surface area contributed by atoms with E-state index >= 15 is 0 Å². The van der Waals surface area contributed by atoms with Crippen LogP contribution in [0.25, 0.3) is 0 Å². The zero-order valence-corrected chi connectivity index (χ0v) is 27.6. The second-order valence-corrected chi connectivity index (χ2v) is 13.1. The van der Waals surface area contributed by atoms with E-state index in [0.29, 0.717) is 26.1 Å². The minimum atomic E-state index is -0.0672. The van der Waals surface area contributed by atoms with Crippen molar-refractivity contribution in [2.75, 3.05) is 13.2 Å². The van der Waals surface area contributed by atoms with E-state index in [1.165, 1.54) is 103 Å². The third-order valence-corrected chi connectivity index (χ3v) is 7.89. The summed E-state index contributed by atoms with van der Waals surface area (Å²) >= 11 is 0. The maximum Gasteiger partial charge on any atom is 0.305 e. The third kappa shape index (κ3) is 33.1. The van der Waals surface area contributed by atoms with E-state index in [4.69, 9.17) is 9.47 Å². The minimum absolute atomic E-state index is 0.0672. The Morgan fingerprint density at radius 3 is 0.925 bits per heavy atom. The lowest BCUT2D eigenvalue weighted by Crippen LogP contribution is -2.06. The highest BCUT2D eigenvalue weighted by molar-refractivity contribution is 5.69. The summed E-state index contributed by atoms with van der Waals surface area (Å²) in [6, 6.07) is 0. The standard InChI is InChI=1S/C36H70O4/c1-33(2)27-21-15-11-7-5-9-13-19-25-31-39-35(37)29-23-17-18-24-30-36(38)40-32-26-20-14-10-6-8-12-16-22-28-34(3)4/h33-34H,5-32H2,1-4H3. The van der Waals surface area contributed by atoms with Crippen molar-refractivity contribution in [3.8, 4) is 0 Å². The van der Waals surface area contributed by atoms with Gasteiger partial charge in [0, 0.05) is 12.8 Å². The van der Waals surface area contributed by atoms with Crippen molar-refractivity contribution in [2.45, 2.75) is 195 Å². The molecule has 4 nitrogen and oxygen atoms in total. The van der Waals surface area contributed by atoms with Crippen molar-refractivity contribution in [1.29, 1.82) is 0 Å². The molecule has 0 bridgehead atoms. The smallest absolute Gasteiger partial charge is 0.305 e. The van der Waals surface area contributed by atoms with Crippen LogP contribution in [-0.4, -0.2) is 25.2 Å². The number of unbranched alkanes of at least 4 members (excludes halogenated alkanes) is 19. The number of esters is 2. The van der Waals surface area contributed by atoms with Crippen LogP contribution in [0.3, 0.4) is 0 Å². The van der Waals surface area contributed by atoms with Crippen molar-refractivity contribution >= 4 is 11.9 Å². The van der Waals surface area contributed by atoms with Crippen LogP contribution >= 0.6 is 0 Å². The van der Waals surface area contributed by atoms with Gasteiger partial charge in [0.15, 0.2) is 0 Å². The van der Waals surface area contributed by atoms with E-state index in [1.807, 2.05) is 0 Å². The van der Waals surface area contributed by atoms with Crippen LogP contribution in [0.5, 0.6) is 0 Å². The molecule has 0 atom stereocenters. The van der Waals surface area contributed by atoms with Crippen LogP contribution < -0.4 is 0 Å². The van der Waals surface area contributed by atoms with E-state index in [9.17, 15) is 9.59 Å². The third-order valence-electron chi connectivity index (χ3n) is 7.89. The van der Waals surface area contributed by atoms with Gasteiger partial charge in [-0.25, -0.2) is 0 Å². The second kappa shape index (κ2) is 30.9. The van der Waals surface area contributed by atoms with E-state index in [-0.39, 0.29) is 11.9 Å². The summed E-state index contributed by atoms with van der Waals surface area (Å²) in [6.45, 7) is 10.4. The highest BCUT2D eigenvalue weighted by atomic mass is 16.5. The molecule has 4 heteroatoms. The summed E-state index contributed by atoms with van der Waals surface area (Å²) in [5.41, 5.74) is 0. The Balaban J connectivity index is 3.28. The van der Waals surface area contributed by atoms with Gasteiger partial charge in [0.05, 0.1) is 13.2 Å². The average Bonchev–Trinajstić information content (AvgIpc) is 2.91. The molecule has 0 unspecified atom stereocenters. The Morgan fingerprint density at radius 1 is 0.375 bits per heavy atom. The van der Waals surface area contributed by atoms with Gasteiger partial charge in [-0.05, 0) is 37.5 Å². The number of hydrogen-bond acceptors (Lipinski definition) is 4. The quantitative estimate of drug-likeness (QED) is 0.0618. The van der Waals surface area contributed by atoms with Gasteiger partial charge in [0.1, 0.15) is 0 Å². The molecule has 0 fully saturated rings. The normalized spacial score (nSPS) is 11.4. The number of carbonyl (C=O) groups excluding carboxylic acids is 2. The highest BCUT2D eigenvalue weighted by Crippen LogP contribution is 2.15. The molecule has 0 aromatic carbocycles. The van der Waals surface area contributed by atoms with Crippen molar-refractivity contribution in [1.82, 2.24) is 0 Å². The summed E-state index contributed by atoms with van der Waals surface area (Å²) in [5.74, 6) is 1.55. The Labute approximate surface area is 250 Å². The molecule has 0 aromatic heterocycles.